The molecule has 19 heavy (non-hydrogen) atoms. The van der Waals surface area contributed by atoms with Crippen molar-refractivity contribution in [2.75, 3.05) is 33.4 Å². The molecule has 0 amide bonds. The van der Waals surface area contributed by atoms with Crippen molar-refractivity contribution in [3.05, 3.63) is 23.3 Å². The fourth-order valence-corrected chi connectivity index (χ4v) is 2.94. The van der Waals surface area contributed by atoms with Crippen molar-refractivity contribution in [2.24, 2.45) is 5.73 Å². The van der Waals surface area contributed by atoms with Gasteiger partial charge in [-0.05, 0) is 36.7 Å². The molecule has 1 aromatic rings. The minimum atomic E-state index is -0.563. The van der Waals surface area contributed by atoms with E-state index in [1.807, 2.05) is 19.2 Å². The lowest BCUT2D eigenvalue weighted by atomic mass is 9.89. The molecule has 5 heteroatoms. The van der Waals surface area contributed by atoms with Crippen LogP contribution in [0.25, 0.3) is 0 Å². The van der Waals surface area contributed by atoms with Crippen LogP contribution in [0.3, 0.4) is 0 Å². The Morgan fingerprint density at radius 2 is 2.05 bits per heavy atom. The smallest absolute Gasteiger partial charge is 0.161 e. The van der Waals surface area contributed by atoms with E-state index >= 15 is 0 Å². The Morgan fingerprint density at radius 1 is 1.37 bits per heavy atom. The van der Waals surface area contributed by atoms with Crippen LogP contribution in [0.15, 0.2) is 12.1 Å². The molecular formula is C14H20N2O3. The summed E-state index contributed by atoms with van der Waals surface area (Å²) in [6.07, 6.45) is 0.391. The Hall–Kier alpha value is -1.30. The molecule has 0 bridgehead atoms. The first-order valence-corrected chi connectivity index (χ1v) is 6.71. The number of aliphatic hydroxyl groups is 1. The molecule has 0 saturated carbocycles. The Bertz CT molecular complexity index is 478. The lowest BCUT2D eigenvalue weighted by Crippen LogP contribution is -2.42. The van der Waals surface area contributed by atoms with Gasteiger partial charge in [-0.25, -0.2) is 0 Å². The van der Waals surface area contributed by atoms with E-state index in [4.69, 9.17) is 15.2 Å². The van der Waals surface area contributed by atoms with E-state index in [0.29, 0.717) is 13.2 Å². The van der Waals surface area contributed by atoms with Crippen molar-refractivity contribution in [1.29, 1.82) is 0 Å². The zero-order chi connectivity index (χ0) is 13.4. The highest BCUT2D eigenvalue weighted by atomic mass is 16.6. The van der Waals surface area contributed by atoms with E-state index in [1.54, 1.807) is 0 Å². The minimum Gasteiger partial charge on any atom is -0.486 e. The van der Waals surface area contributed by atoms with Crippen LogP contribution in [0.4, 0.5) is 0 Å². The number of likely N-dealkylation sites (N-methyl/N-ethyl adjacent to an activating group) is 1. The van der Waals surface area contributed by atoms with Gasteiger partial charge >= 0.3 is 0 Å². The van der Waals surface area contributed by atoms with Crippen molar-refractivity contribution in [3.63, 3.8) is 0 Å². The highest BCUT2D eigenvalue weighted by molar-refractivity contribution is 5.50. The molecule has 2 unspecified atom stereocenters. The standard InChI is InChI=1S/C14H20N2O3/c1-16-3-2-9-6-12-13(19-5-4-18-12)7-10(9)14(16)11(17)8-15/h6-7,11,14,17H,2-5,8,15H2,1H3. The normalized spacial score (nSPS) is 23.8. The molecular weight excluding hydrogens is 244 g/mol. The van der Waals surface area contributed by atoms with Gasteiger partial charge in [0.15, 0.2) is 11.5 Å². The number of aliphatic hydroxyl groups excluding tert-OH is 1. The third kappa shape index (κ3) is 2.18. The van der Waals surface area contributed by atoms with Gasteiger partial charge in [0.2, 0.25) is 0 Å². The molecule has 0 saturated heterocycles. The summed E-state index contributed by atoms with van der Waals surface area (Å²) >= 11 is 0. The molecule has 2 heterocycles. The van der Waals surface area contributed by atoms with Crippen molar-refractivity contribution in [1.82, 2.24) is 4.90 Å². The fraction of sp³-hybridized carbons (Fsp3) is 0.571. The number of fused-ring (bicyclic) bond motifs is 2. The summed E-state index contributed by atoms with van der Waals surface area (Å²) in [7, 11) is 2.02. The number of nitrogens with two attached hydrogens (primary N) is 1. The maximum absolute atomic E-state index is 10.2. The van der Waals surface area contributed by atoms with Crippen molar-refractivity contribution >= 4 is 0 Å². The zero-order valence-electron chi connectivity index (χ0n) is 11.1. The Morgan fingerprint density at radius 3 is 2.74 bits per heavy atom. The quantitative estimate of drug-likeness (QED) is 0.804. The molecule has 0 spiro atoms. The van der Waals surface area contributed by atoms with Crippen molar-refractivity contribution < 1.29 is 14.6 Å². The highest BCUT2D eigenvalue weighted by Gasteiger charge is 2.31. The van der Waals surface area contributed by atoms with Gasteiger partial charge < -0.3 is 20.3 Å². The summed E-state index contributed by atoms with van der Waals surface area (Å²) in [6.45, 7) is 2.34. The molecule has 5 nitrogen and oxygen atoms in total. The van der Waals surface area contributed by atoms with Gasteiger partial charge in [0.05, 0.1) is 12.1 Å². The SMILES string of the molecule is CN1CCc2cc3c(cc2C1C(O)CN)OCCO3. The lowest BCUT2D eigenvalue weighted by Gasteiger charge is -2.38. The van der Waals surface area contributed by atoms with Crippen LogP contribution in [0.1, 0.15) is 17.2 Å². The Balaban J connectivity index is 2.04. The predicted octanol–water partition coefficient (Wildman–Crippen LogP) is 0.306. The molecule has 3 N–H and O–H groups in total. The van der Waals surface area contributed by atoms with Gasteiger partial charge in [0.1, 0.15) is 13.2 Å². The van der Waals surface area contributed by atoms with Gasteiger partial charge in [-0.3, -0.25) is 4.90 Å². The van der Waals surface area contributed by atoms with Crippen LogP contribution in [-0.2, 0) is 6.42 Å². The van der Waals surface area contributed by atoms with E-state index in [0.717, 1.165) is 30.0 Å². The molecule has 2 aliphatic rings. The lowest BCUT2D eigenvalue weighted by molar-refractivity contribution is 0.0621. The number of rotatable bonds is 2. The highest BCUT2D eigenvalue weighted by Crippen LogP contribution is 2.39. The van der Waals surface area contributed by atoms with Crippen LogP contribution in [0.5, 0.6) is 11.5 Å². The molecule has 0 aromatic heterocycles. The monoisotopic (exact) mass is 264 g/mol. The largest absolute Gasteiger partial charge is 0.486 e. The minimum absolute atomic E-state index is 0.0652. The van der Waals surface area contributed by atoms with E-state index in [9.17, 15) is 5.11 Å². The fourth-order valence-electron chi connectivity index (χ4n) is 2.94. The van der Waals surface area contributed by atoms with Crippen LogP contribution in [-0.4, -0.2) is 49.5 Å². The van der Waals surface area contributed by atoms with E-state index in [-0.39, 0.29) is 12.6 Å². The third-order valence-electron chi connectivity index (χ3n) is 3.94. The van der Waals surface area contributed by atoms with Crippen LogP contribution in [0.2, 0.25) is 0 Å². The second kappa shape index (κ2) is 5.00. The van der Waals surface area contributed by atoms with Crippen LogP contribution >= 0.6 is 0 Å². The number of ether oxygens (including phenoxy) is 2. The maximum Gasteiger partial charge on any atom is 0.161 e. The second-order valence-corrected chi connectivity index (χ2v) is 5.17. The summed E-state index contributed by atoms with van der Waals surface area (Å²) in [5.41, 5.74) is 7.96. The van der Waals surface area contributed by atoms with E-state index < -0.39 is 6.10 Å². The van der Waals surface area contributed by atoms with E-state index in [2.05, 4.69) is 4.90 Å². The zero-order valence-corrected chi connectivity index (χ0v) is 11.1. The molecule has 2 atom stereocenters. The predicted molar refractivity (Wildman–Crippen MR) is 71.6 cm³/mol. The number of hydrogen-bond acceptors (Lipinski definition) is 5. The van der Waals surface area contributed by atoms with Gasteiger partial charge in [-0.1, -0.05) is 0 Å². The van der Waals surface area contributed by atoms with Crippen molar-refractivity contribution in [2.45, 2.75) is 18.6 Å². The third-order valence-corrected chi connectivity index (χ3v) is 3.94. The average Bonchev–Trinajstić information content (AvgIpc) is 2.44. The van der Waals surface area contributed by atoms with Gasteiger partial charge in [0.25, 0.3) is 0 Å². The molecule has 2 aliphatic heterocycles. The number of hydrogen-bond donors (Lipinski definition) is 2. The average molecular weight is 264 g/mol. The molecule has 0 fully saturated rings. The molecule has 0 aliphatic carbocycles. The summed E-state index contributed by atoms with van der Waals surface area (Å²) in [6, 6.07) is 3.99. The summed E-state index contributed by atoms with van der Waals surface area (Å²) < 4.78 is 11.2. The van der Waals surface area contributed by atoms with Crippen LogP contribution in [0, 0.1) is 0 Å². The number of benzene rings is 1. The summed E-state index contributed by atoms with van der Waals surface area (Å²) in [4.78, 5) is 2.15. The van der Waals surface area contributed by atoms with E-state index in [1.165, 1.54) is 5.56 Å². The summed E-state index contributed by atoms with van der Waals surface area (Å²) in [5, 5.41) is 10.2. The first-order chi connectivity index (χ1) is 9.20. The second-order valence-electron chi connectivity index (χ2n) is 5.17. The first-order valence-electron chi connectivity index (χ1n) is 6.71. The van der Waals surface area contributed by atoms with Crippen LogP contribution < -0.4 is 15.2 Å². The van der Waals surface area contributed by atoms with Gasteiger partial charge in [0, 0.05) is 13.1 Å². The van der Waals surface area contributed by atoms with Gasteiger partial charge in [-0.2, -0.15) is 0 Å². The first kappa shape index (κ1) is 12.7. The molecule has 1 aromatic carbocycles. The maximum atomic E-state index is 10.2. The number of nitrogens with zero attached hydrogens (tertiary/aromatic N) is 1. The summed E-state index contributed by atoms with van der Waals surface area (Å²) in [5.74, 6) is 1.59. The Labute approximate surface area is 112 Å². The Kier molecular flexibility index (Phi) is 3.35. The molecule has 0 radical (unpaired) electrons. The molecule has 3 rings (SSSR count). The molecule has 104 valence electrons. The van der Waals surface area contributed by atoms with Gasteiger partial charge in [-0.15, -0.1) is 0 Å². The van der Waals surface area contributed by atoms with Crippen molar-refractivity contribution in [3.8, 4) is 11.5 Å². The topological polar surface area (TPSA) is 68.0 Å².